The van der Waals surface area contributed by atoms with Gasteiger partial charge in [0.25, 0.3) is 0 Å². The quantitative estimate of drug-likeness (QED) is 0.734. The van der Waals surface area contributed by atoms with Crippen LogP contribution in [-0.2, 0) is 5.54 Å². The van der Waals surface area contributed by atoms with E-state index in [2.05, 4.69) is 15.3 Å². The maximum Gasteiger partial charge on any atom is 0.250 e. The molecule has 3 N–H and O–H groups in total. The van der Waals surface area contributed by atoms with Gasteiger partial charge in [-0.15, -0.1) is 0 Å². The monoisotopic (exact) mass is 355 g/mol. The third-order valence-electron chi connectivity index (χ3n) is 3.81. The highest BCUT2D eigenvalue weighted by Crippen LogP contribution is 2.28. The lowest BCUT2D eigenvalue weighted by atomic mass is 10.00. The number of nitrogens with one attached hydrogen (secondary N) is 1. The number of primary amides is 1. The van der Waals surface area contributed by atoms with E-state index in [0.717, 1.165) is 11.4 Å². The zero-order chi connectivity index (χ0) is 18.0. The Balaban J connectivity index is 1.80. The number of aromatic nitrogens is 3. The Kier molecular flexibility index (Phi) is 4.46. The maximum absolute atomic E-state index is 11.2. The van der Waals surface area contributed by atoms with E-state index in [1.165, 1.54) is 0 Å². The lowest BCUT2D eigenvalue weighted by molar-refractivity contribution is 0.100. The molecule has 0 spiro atoms. The van der Waals surface area contributed by atoms with E-state index in [0.29, 0.717) is 16.4 Å². The molecule has 0 aliphatic heterocycles. The number of anilines is 1. The summed E-state index contributed by atoms with van der Waals surface area (Å²) in [6.07, 6.45) is 6.86. The molecule has 128 valence electrons. The summed E-state index contributed by atoms with van der Waals surface area (Å²) in [5.41, 5.74) is 6.81. The standard InChI is InChI=1S/C18H18ClN5O/c1-18(2,16-14(19)4-3-8-21-16)23-15-6-5-13(10-22-15)24-9-7-12(11-24)17(20)25/h3-11H,1-2H3,(H2,20,25)(H,22,23). The highest BCUT2D eigenvalue weighted by molar-refractivity contribution is 6.31. The first-order valence-corrected chi connectivity index (χ1v) is 8.08. The molecule has 0 saturated heterocycles. The second-order valence-electron chi connectivity index (χ2n) is 6.16. The Morgan fingerprint density at radius 3 is 2.64 bits per heavy atom. The molecule has 6 nitrogen and oxygen atoms in total. The molecule has 0 fully saturated rings. The molecule has 3 aromatic rings. The van der Waals surface area contributed by atoms with Gasteiger partial charge in [0.15, 0.2) is 0 Å². The van der Waals surface area contributed by atoms with Crippen LogP contribution < -0.4 is 11.1 Å². The van der Waals surface area contributed by atoms with Gasteiger partial charge < -0.3 is 15.6 Å². The van der Waals surface area contributed by atoms with Crippen molar-refractivity contribution in [3.05, 3.63) is 71.4 Å². The molecule has 3 heterocycles. The molecule has 0 saturated carbocycles. The van der Waals surface area contributed by atoms with Crippen LogP contribution in [0, 0.1) is 0 Å². The van der Waals surface area contributed by atoms with Crippen molar-refractivity contribution >= 4 is 23.3 Å². The topological polar surface area (TPSA) is 85.8 Å². The second kappa shape index (κ2) is 6.57. The molecular weight excluding hydrogens is 338 g/mol. The number of hydrogen-bond acceptors (Lipinski definition) is 4. The fraction of sp³-hybridized carbons (Fsp3) is 0.167. The largest absolute Gasteiger partial charge is 0.366 e. The lowest BCUT2D eigenvalue weighted by Gasteiger charge is -2.27. The van der Waals surface area contributed by atoms with Crippen LogP contribution in [0.2, 0.25) is 5.02 Å². The van der Waals surface area contributed by atoms with Gasteiger partial charge in [-0.1, -0.05) is 11.6 Å². The van der Waals surface area contributed by atoms with Crippen LogP contribution >= 0.6 is 11.6 Å². The van der Waals surface area contributed by atoms with E-state index >= 15 is 0 Å². The number of carbonyl (C=O) groups is 1. The van der Waals surface area contributed by atoms with E-state index in [1.807, 2.05) is 32.0 Å². The van der Waals surface area contributed by atoms with E-state index in [1.54, 1.807) is 41.5 Å². The van der Waals surface area contributed by atoms with Crippen LogP contribution in [0.3, 0.4) is 0 Å². The number of amides is 1. The molecule has 3 aromatic heterocycles. The number of nitrogens with two attached hydrogens (primary N) is 1. The highest BCUT2D eigenvalue weighted by atomic mass is 35.5. The van der Waals surface area contributed by atoms with Crippen LogP contribution in [0.25, 0.3) is 5.69 Å². The Bertz CT molecular complexity index is 902. The average Bonchev–Trinajstić information content (AvgIpc) is 3.06. The number of hydrogen-bond donors (Lipinski definition) is 2. The summed E-state index contributed by atoms with van der Waals surface area (Å²) in [6.45, 7) is 3.98. The van der Waals surface area contributed by atoms with Crippen molar-refractivity contribution < 1.29 is 4.79 Å². The van der Waals surface area contributed by atoms with E-state index < -0.39 is 11.4 Å². The van der Waals surface area contributed by atoms with Crippen LogP contribution in [0.15, 0.2) is 55.1 Å². The molecule has 7 heteroatoms. The second-order valence-corrected chi connectivity index (χ2v) is 6.56. The van der Waals surface area contributed by atoms with Gasteiger partial charge in [0, 0.05) is 18.6 Å². The predicted octanol–water partition coefficient (Wildman–Crippen LogP) is 3.37. The minimum absolute atomic E-state index is 0.452. The van der Waals surface area contributed by atoms with Gasteiger partial charge in [0.2, 0.25) is 5.91 Å². The fourth-order valence-electron chi connectivity index (χ4n) is 2.54. The molecule has 0 aromatic carbocycles. The van der Waals surface area contributed by atoms with Gasteiger partial charge >= 0.3 is 0 Å². The first-order valence-electron chi connectivity index (χ1n) is 7.70. The number of rotatable bonds is 5. The number of nitrogens with zero attached hydrogens (tertiary/aromatic N) is 3. The summed E-state index contributed by atoms with van der Waals surface area (Å²) in [5, 5.41) is 3.94. The van der Waals surface area contributed by atoms with Gasteiger partial charge in [-0.05, 0) is 44.2 Å². The van der Waals surface area contributed by atoms with E-state index in [-0.39, 0.29) is 0 Å². The minimum Gasteiger partial charge on any atom is -0.366 e. The summed E-state index contributed by atoms with van der Waals surface area (Å²) in [4.78, 5) is 20.0. The van der Waals surface area contributed by atoms with Crippen molar-refractivity contribution in [2.75, 3.05) is 5.32 Å². The van der Waals surface area contributed by atoms with Gasteiger partial charge in [-0.25, -0.2) is 4.98 Å². The summed E-state index contributed by atoms with van der Waals surface area (Å²) < 4.78 is 1.79. The first kappa shape index (κ1) is 17.0. The first-order chi connectivity index (χ1) is 11.9. The molecule has 0 aliphatic carbocycles. The molecule has 1 amide bonds. The van der Waals surface area contributed by atoms with E-state index in [9.17, 15) is 4.79 Å². The van der Waals surface area contributed by atoms with Crippen molar-refractivity contribution in [1.82, 2.24) is 14.5 Å². The number of pyridine rings is 2. The fourth-order valence-corrected chi connectivity index (χ4v) is 2.90. The smallest absolute Gasteiger partial charge is 0.250 e. The highest BCUT2D eigenvalue weighted by Gasteiger charge is 2.24. The van der Waals surface area contributed by atoms with Crippen LogP contribution in [0.1, 0.15) is 29.9 Å². The zero-order valence-corrected chi connectivity index (χ0v) is 14.7. The number of halogens is 1. The van der Waals surface area contributed by atoms with Crippen LogP contribution in [0.5, 0.6) is 0 Å². The van der Waals surface area contributed by atoms with Crippen molar-refractivity contribution in [2.45, 2.75) is 19.4 Å². The van der Waals surface area contributed by atoms with E-state index in [4.69, 9.17) is 17.3 Å². The maximum atomic E-state index is 11.2. The van der Waals surface area contributed by atoms with Crippen molar-refractivity contribution in [2.24, 2.45) is 5.73 Å². The molecule has 0 atom stereocenters. The Morgan fingerprint density at radius 1 is 1.24 bits per heavy atom. The van der Waals surface area contributed by atoms with Gasteiger partial charge in [0.05, 0.1) is 33.7 Å². The average molecular weight is 356 g/mol. The zero-order valence-electron chi connectivity index (χ0n) is 13.9. The molecule has 0 bridgehead atoms. The molecule has 0 unspecified atom stereocenters. The third kappa shape index (κ3) is 3.64. The van der Waals surface area contributed by atoms with Gasteiger partial charge in [-0.2, -0.15) is 0 Å². The van der Waals surface area contributed by atoms with Gasteiger partial charge in [-0.3, -0.25) is 9.78 Å². The molecule has 0 aliphatic rings. The SMILES string of the molecule is CC(C)(Nc1ccc(-n2ccc(C(N)=O)c2)cn1)c1ncccc1Cl. The summed E-state index contributed by atoms with van der Waals surface area (Å²) >= 11 is 6.24. The predicted molar refractivity (Wildman–Crippen MR) is 98.0 cm³/mol. The summed E-state index contributed by atoms with van der Waals surface area (Å²) in [7, 11) is 0. The van der Waals surface area contributed by atoms with Crippen LogP contribution in [0.4, 0.5) is 5.82 Å². The summed E-state index contributed by atoms with van der Waals surface area (Å²) in [6, 6.07) is 9.04. The molecule has 25 heavy (non-hydrogen) atoms. The Labute approximate surface area is 150 Å². The summed E-state index contributed by atoms with van der Waals surface area (Å²) in [5.74, 6) is 0.233. The Morgan fingerprint density at radius 2 is 2.04 bits per heavy atom. The third-order valence-corrected chi connectivity index (χ3v) is 4.12. The normalized spacial score (nSPS) is 11.3. The van der Waals surface area contributed by atoms with Crippen molar-refractivity contribution in [3.63, 3.8) is 0 Å². The Hall–Kier alpha value is -2.86. The molecular formula is C18H18ClN5O. The van der Waals surface area contributed by atoms with Crippen LogP contribution in [-0.4, -0.2) is 20.4 Å². The molecule has 0 radical (unpaired) electrons. The number of carbonyl (C=O) groups excluding carboxylic acids is 1. The lowest BCUT2D eigenvalue weighted by Crippen LogP contribution is -2.30. The van der Waals surface area contributed by atoms with Gasteiger partial charge in [0.1, 0.15) is 5.82 Å². The van der Waals surface area contributed by atoms with Crippen molar-refractivity contribution in [1.29, 1.82) is 0 Å². The van der Waals surface area contributed by atoms with Crippen molar-refractivity contribution in [3.8, 4) is 5.69 Å². The minimum atomic E-state index is -0.487. The molecule has 3 rings (SSSR count).